The molecule has 0 saturated carbocycles. The van der Waals surface area contributed by atoms with Crippen LogP contribution in [0.4, 0.5) is 18.9 Å². The first-order chi connectivity index (χ1) is 12.7. The summed E-state index contributed by atoms with van der Waals surface area (Å²) >= 11 is 5.86. The second-order valence-corrected chi connectivity index (χ2v) is 6.48. The molecule has 0 fully saturated rings. The number of halogens is 4. The zero-order valence-corrected chi connectivity index (χ0v) is 15.4. The minimum Gasteiger partial charge on any atom is -0.491 e. The Bertz CT molecular complexity index is 798. The molecule has 2 rings (SSSR count). The van der Waals surface area contributed by atoms with Gasteiger partial charge in [0.2, 0.25) is 5.88 Å². The number of benzene rings is 1. The summed E-state index contributed by atoms with van der Waals surface area (Å²) in [5.41, 5.74) is 0.523. The number of carbonyl (C=O) groups is 1. The molecule has 0 aliphatic heterocycles. The number of aromatic nitrogens is 1. The van der Waals surface area contributed by atoms with Crippen LogP contribution in [0.5, 0.6) is 11.6 Å². The van der Waals surface area contributed by atoms with Crippen LogP contribution in [0.1, 0.15) is 24.2 Å². The molecule has 5 nitrogen and oxygen atoms in total. The maximum absolute atomic E-state index is 12.4. The molecule has 0 aliphatic rings. The van der Waals surface area contributed by atoms with Crippen LogP contribution in [-0.2, 0) is 0 Å². The number of rotatable bonds is 7. The lowest BCUT2D eigenvalue weighted by atomic mass is 10.2. The third-order valence-corrected chi connectivity index (χ3v) is 3.42. The highest BCUT2D eigenvalue weighted by Crippen LogP contribution is 2.27. The Kier molecular flexibility index (Phi) is 6.90. The normalized spacial score (nSPS) is 11.4. The van der Waals surface area contributed by atoms with Gasteiger partial charge in [-0.05, 0) is 24.1 Å². The van der Waals surface area contributed by atoms with Crippen molar-refractivity contribution in [2.75, 3.05) is 18.5 Å². The fourth-order valence-corrected chi connectivity index (χ4v) is 2.17. The maximum Gasteiger partial charge on any atom is 0.422 e. The lowest BCUT2D eigenvalue weighted by Gasteiger charge is -2.14. The third kappa shape index (κ3) is 6.63. The van der Waals surface area contributed by atoms with Crippen molar-refractivity contribution in [1.82, 2.24) is 4.98 Å². The van der Waals surface area contributed by atoms with Crippen molar-refractivity contribution in [1.29, 1.82) is 0 Å². The first-order valence-electron chi connectivity index (χ1n) is 8.04. The van der Waals surface area contributed by atoms with Gasteiger partial charge >= 0.3 is 6.18 Å². The Morgan fingerprint density at radius 3 is 2.59 bits per heavy atom. The van der Waals surface area contributed by atoms with E-state index in [0.717, 1.165) is 6.20 Å². The molecular weight excluding hydrogens is 385 g/mol. The molecule has 1 aromatic heterocycles. The molecule has 2 aromatic rings. The Hall–Kier alpha value is -2.48. The number of hydrogen-bond donors (Lipinski definition) is 1. The van der Waals surface area contributed by atoms with E-state index >= 15 is 0 Å². The van der Waals surface area contributed by atoms with Gasteiger partial charge in [0.25, 0.3) is 5.91 Å². The largest absolute Gasteiger partial charge is 0.491 e. The number of hydrogen-bond acceptors (Lipinski definition) is 4. The van der Waals surface area contributed by atoms with Gasteiger partial charge in [-0.3, -0.25) is 4.79 Å². The van der Waals surface area contributed by atoms with E-state index in [2.05, 4.69) is 15.0 Å². The van der Waals surface area contributed by atoms with Gasteiger partial charge < -0.3 is 14.8 Å². The van der Waals surface area contributed by atoms with E-state index < -0.39 is 24.6 Å². The van der Waals surface area contributed by atoms with Crippen molar-refractivity contribution in [3.63, 3.8) is 0 Å². The molecule has 0 saturated heterocycles. The zero-order chi connectivity index (χ0) is 20.0. The number of para-hydroxylation sites is 2. The van der Waals surface area contributed by atoms with E-state index in [0.29, 0.717) is 24.0 Å². The minimum absolute atomic E-state index is 0.0676. The summed E-state index contributed by atoms with van der Waals surface area (Å²) in [4.78, 5) is 16.1. The Morgan fingerprint density at radius 1 is 1.26 bits per heavy atom. The molecule has 146 valence electrons. The summed E-state index contributed by atoms with van der Waals surface area (Å²) in [7, 11) is 0. The van der Waals surface area contributed by atoms with E-state index in [-0.39, 0.29) is 10.6 Å². The van der Waals surface area contributed by atoms with Crippen LogP contribution < -0.4 is 14.8 Å². The lowest BCUT2D eigenvalue weighted by Crippen LogP contribution is -2.20. The van der Waals surface area contributed by atoms with E-state index in [1.54, 1.807) is 24.3 Å². The average Bonchev–Trinajstić information content (AvgIpc) is 2.59. The van der Waals surface area contributed by atoms with Gasteiger partial charge in [-0.2, -0.15) is 13.2 Å². The second kappa shape index (κ2) is 8.94. The van der Waals surface area contributed by atoms with Crippen molar-refractivity contribution in [2.24, 2.45) is 5.92 Å². The highest BCUT2D eigenvalue weighted by Gasteiger charge is 2.29. The van der Waals surface area contributed by atoms with Gasteiger partial charge in [-0.15, -0.1) is 0 Å². The molecule has 0 radical (unpaired) electrons. The minimum atomic E-state index is -4.51. The molecule has 0 aliphatic carbocycles. The predicted octanol–water partition coefficient (Wildman–Crippen LogP) is 4.96. The molecular formula is C18H18ClF3N2O3. The number of carbonyl (C=O) groups excluding carboxylic acids is 1. The van der Waals surface area contributed by atoms with Crippen molar-refractivity contribution in [2.45, 2.75) is 20.0 Å². The fraction of sp³-hybridized carbons (Fsp3) is 0.333. The van der Waals surface area contributed by atoms with Crippen LogP contribution in [0.25, 0.3) is 0 Å². The van der Waals surface area contributed by atoms with Crippen molar-refractivity contribution >= 4 is 23.2 Å². The van der Waals surface area contributed by atoms with Crippen LogP contribution >= 0.6 is 11.6 Å². The van der Waals surface area contributed by atoms with Gasteiger partial charge in [-0.1, -0.05) is 37.6 Å². The number of nitrogens with one attached hydrogen (secondary N) is 1. The van der Waals surface area contributed by atoms with Gasteiger partial charge in [0, 0.05) is 6.20 Å². The van der Waals surface area contributed by atoms with Crippen LogP contribution in [-0.4, -0.2) is 30.3 Å². The first kappa shape index (κ1) is 20.8. The van der Waals surface area contributed by atoms with Crippen LogP contribution in [0.3, 0.4) is 0 Å². The summed E-state index contributed by atoms with van der Waals surface area (Å²) in [6.45, 7) is 2.95. The molecule has 1 amide bonds. The van der Waals surface area contributed by atoms with E-state index in [9.17, 15) is 18.0 Å². The van der Waals surface area contributed by atoms with Gasteiger partial charge in [0.05, 0.1) is 17.9 Å². The summed E-state index contributed by atoms with van der Waals surface area (Å²) in [5, 5.41) is 2.47. The van der Waals surface area contributed by atoms with Crippen molar-refractivity contribution < 1.29 is 27.4 Å². The second-order valence-electron chi connectivity index (χ2n) is 6.07. The topological polar surface area (TPSA) is 60.5 Å². The Labute approximate surface area is 159 Å². The van der Waals surface area contributed by atoms with E-state index in [1.807, 2.05) is 13.8 Å². The molecule has 0 unspecified atom stereocenters. The average molecular weight is 403 g/mol. The Morgan fingerprint density at radius 2 is 1.96 bits per heavy atom. The number of alkyl halides is 3. The molecule has 1 aromatic carbocycles. The van der Waals surface area contributed by atoms with Crippen molar-refractivity contribution in [3.05, 3.63) is 47.1 Å². The number of amides is 1. The quantitative estimate of drug-likeness (QED) is 0.710. The van der Waals surface area contributed by atoms with Crippen molar-refractivity contribution in [3.8, 4) is 11.6 Å². The van der Waals surface area contributed by atoms with Crippen LogP contribution in [0.15, 0.2) is 36.5 Å². The number of pyridine rings is 1. The molecule has 27 heavy (non-hydrogen) atoms. The van der Waals surface area contributed by atoms with Gasteiger partial charge in [0.15, 0.2) is 6.61 Å². The van der Waals surface area contributed by atoms with Crippen LogP contribution in [0.2, 0.25) is 5.02 Å². The maximum atomic E-state index is 12.4. The standard InChI is InChI=1S/C18H18ClF3N2O3/c1-11(2)9-26-15-6-4-3-5-14(15)24-16(25)12-7-13(19)17(23-8-12)27-10-18(20,21)22/h3-8,11H,9-10H2,1-2H3,(H,24,25). The zero-order valence-electron chi connectivity index (χ0n) is 14.6. The Balaban J connectivity index is 2.09. The molecule has 0 bridgehead atoms. The van der Waals surface area contributed by atoms with Gasteiger partial charge in [-0.25, -0.2) is 4.98 Å². The molecule has 9 heteroatoms. The first-order valence-corrected chi connectivity index (χ1v) is 8.42. The fourth-order valence-electron chi connectivity index (χ4n) is 1.95. The number of nitrogens with zero attached hydrogens (tertiary/aromatic N) is 1. The summed E-state index contributed by atoms with van der Waals surface area (Å²) in [5.74, 6) is -0.122. The summed E-state index contributed by atoms with van der Waals surface area (Å²) in [6.07, 6.45) is -3.43. The smallest absolute Gasteiger partial charge is 0.422 e. The number of anilines is 1. The highest BCUT2D eigenvalue weighted by atomic mass is 35.5. The highest BCUT2D eigenvalue weighted by molar-refractivity contribution is 6.32. The lowest BCUT2D eigenvalue weighted by molar-refractivity contribution is -0.154. The molecule has 1 N–H and O–H groups in total. The number of ether oxygens (including phenoxy) is 2. The molecule has 0 spiro atoms. The van der Waals surface area contributed by atoms with E-state index in [4.69, 9.17) is 16.3 Å². The van der Waals surface area contributed by atoms with E-state index in [1.165, 1.54) is 6.07 Å². The third-order valence-electron chi connectivity index (χ3n) is 3.15. The molecule has 1 heterocycles. The summed E-state index contributed by atoms with van der Waals surface area (Å²) in [6, 6.07) is 8.08. The predicted molar refractivity (Wildman–Crippen MR) is 95.5 cm³/mol. The summed E-state index contributed by atoms with van der Waals surface area (Å²) < 4.78 is 46.8. The SMILES string of the molecule is CC(C)COc1ccccc1NC(=O)c1cnc(OCC(F)(F)F)c(Cl)c1. The molecule has 0 atom stereocenters. The van der Waals surface area contributed by atoms with Gasteiger partial charge in [0.1, 0.15) is 10.8 Å². The monoisotopic (exact) mass is 402 g/mol. The van der Waals surface area contributed by atoms with Crippen LogP contribution in [0, 0.1) is 5.92 Å².